The van der Waals surface area contributed by atoms with Crippen LogP contribution in [0.25, 0.3) is 0 Å². The Morgan fingerprint density at radius 2 is 1.54 bits per heavy atom. The molecule has 150 valence electrons. The van der Waals surface area contributed by atoms with Gasteiger partial charge >= 0.3 is 5.97 Å². The van der Waals surface area contributed by atoms with Gasteiger partial charge in [0, 0.05) is 32.2 Å². The van der Waals surface area contributed by atoms with Gasteiger partial charge in [0.25, 0.3) is 10.2 Å². The van der Waals surface area contributed by atoms with E-state index in [9.17, 15) is 13.2 Å². The van der Waals surface area contributed by atoms with Crippen molar-refractivity contribution in [3.63, 3.8) is 0 Å². The third kappa shape index (κ3) is 4.40. The molecule has 0 radical (unpaired) electrons. The molecule has 8 heteroatoms. The van der Waals surface area contributed by atoms with Gasteiger partial charge in [-0.2, -0.15) is 17.0 Å². The molecule has 3 fully saturated rings. The van der Waals surface area contributed by atoms with Crippen molar-refractivity contribution >= 4 is 16.2 Å². The molecule has 26 heavy (non-hydrogen) atoms. The Balaban J connectivity index is 1.52. The Labute approximate surface area is 157 Å². The SMILES string of the molecule is CN(CC(=O)O)C1CCN(S(=O)(=O)N2CCC3(CCCCC3)CC2)CC1. The van der Waals surface area contributed by atoms with Gasteiger partial charge in [0.15, 0.2) is 0 Å². The van der Waals surface area contributed by atoms with Gasteiger partial charge in [-0.1, -0.05) is 19.3 Å². The molecule has 2 heterocycles. The number of aliphatic carboxylic acids is 1. The van der Waals surface area contributed by atoms with Gasteiger partial charge in [-0.15, -0.1) is 0 Å². The minimum absolute atomic E-state index is 0.00558. The lowest BCUT2D eigenvalue weighted by Crippen LogP contribution is -2.53. The van der Waals surface area contributed by atoms with Crippen molar-refractivity contribution in [1.82, 2.24) is 13.5 Å². The molecule has 0 unspecified atom stereocenters. The number of rotatable bonds is 5. The van der Waals surface area contributed by atoms with E-state index in [-0.39, 0.29) is 12.6 Å². The minimum atomic E-state index is -3.38. The first-order chi connectivity index (χ1) is 12.3. The lowest BCUT2D eigenvalue weighted by Gasteiger charge is -2.45. The second-order valence-corrected chi connectivity index (χ2v) is 10.3. The van der Waals surface area contributed by atoms with Crippen molar-refractivity contribution in [2.45, 2.75) is 63.8 Å². The van der Waals surface area contributed by atoms with Gasteiger partial charge in [-0.05, 0) is 51.0 Å². The molecule has 2 saturated heterocycles. The standard InChI is InChI=1S/C18H33N3O4S/c1-19(15-17(22)23)16-5-11-20(12-6-16)26(24,25)21-13-9-18(10-14-21)7-3-2-4-8-18/h16H,2-15H2,1H3,(H,22,23). The summed E-state index contributed by atoms with van der Waals surface area (Å²) in [5, 5.41) is 8.92. The van der Waals surface area contributed by atoms with E-state index in [1.54, 1.807) is 15.7 Å². The van der Waals surface area contributed by atoms with Crippen LogP contribution in [0.4, 0.5) is 0 Å². The van der Waals surface area contributed by atoms with Crippen LogP contribution in [-0.2, 0) is 15.0 Å². The normalized spacial score (nSPS) is 26.4. The first-order valence-electron chi connectivity index (χ1n) is 10.00. The van der Waals surface area contributed by atoms with Crippen molar-refractivity contribution in [2.75, 3.05) is 39.8 Å². The lowest BCUT2D eigenvalue weighted by atomic mass is 9.68. The maximum atomic E-state index is 13.0. The van der Waals surface area contributed by atoms with Gasteiger partial charge < -0.3 is 5.11 Å². The van der Waals surface area contributed by atoms with Crippen molar-refractivity contribution in [2.24, 2.45) is 5.41 Å². The van der Waals surface area contributed by atoms with Crippen LogP contribution < -0.4 is 0 Å². The second-order valence-electron chi connectivity index (χ2n) is 8.41. The molecule has 1 aliphatic carbocycles. The van der Waals surface area contributed by atoms with Crippen LogP contribution in [0.1, 0.15) is 57.8 Å². The van der Waals surface area contributed by atoms with E-state index >= 15 is 0 Å². The summed E-state index contributed by atoms with van der Waals surface area (Å²) in [7, 11) is -1.58. The number of carboxylic acid groups (broad SMARTS) is 1. The molecule has 1 spiro atoms. The number of hydrogen-bond donors (Lipinski definition) is 1. The first-order valence-corrected chi connectivity index (χ1v) is 11.4. The summed E-state index contributed by atoms with van der Waals surface area (Å²) < 4.78 is 29.3. The molecule has 0 aromatic rings. The Kier molecular flexibility index (Phi) is 6.26. The fourth-order valence-corrected chi connectivity index (χ4v) is 6.66. The zero-order chi connectivity index (χ0) is 18.8. The average molecular weight is 388 g/mol. The van der Waals surface area contributed by atoms with Gasteiger partial charge in [-0.25, -0.2) is 0 Å². The lowest BCUT2D eigenvalue weighted by molar-refractivity contribution is -0.138. The molecule has 1 saturated carbocycles. The highest BCUT2D eigenvalue weighted by molar-refractivity contribution is 7.86. The summed E-state index contributed by atoms with van der Waals surface area (Å²) in [6, 6.07) is 0.143. The molecule has 3 rings (SSSR count). The van der Waals surface area contributed by atoms with E-state index in [0.717, 1.165) is 12.8 Å². The number of carbonyl (C=O) groups is 1. The topological polar surface area (TPSA) is 81.2 Å². The molecule has 3 aliphatic rings. The van der Waals surface area contributed by atoms with Crippen LogP contribution in [0.2, 0.25) is 0 Å². The Morgan fingerprint density at radius 3 is 2.08 bits per heavy atom. The average Bonchev–Trinajstić information content (AvgIpc) is 2.62. The smallest absolute Gasteiger partial charge is 0.317 e. The summed E-state index contributed by atoms with van der Waals surface area (Å²) in [6.07, 6.45) is 9.85. The zero-order valence-corrected chi connectivity index (χ0v) is 16.7. The molecule has 0 atom stereocenters. The quantitative estimate of drug-likeness (QED) is 0.777. The maximum absolute atomic E-state index is 13.0. The molecule has 7 nitrogen and oxygen atoms in total. The molecule has 0 aromatic heterocycles. The third-order valence-corrected chi connectivity index (χ3v) is 8.82. The highest BCUT2D eigenvalue weighted by Gasteiger charge is 2.41. The first kappa shape index (κ1) is 20.0. The van der Waals surface area contributed by atoms with E-state index in [2.05, 4.69) is 0 Å². The molecular weight excluding hydrogens is 354 g/mol. The van der Waals surface area contributed by atoms with Gasteiger partial charge in [0.2, 0.25) is 0 Å². The second kappa shape index (κ2) is 8.12. The van der Waals surface area contributed by atoms with Crippen LogP contribution in [-0.4, -0.2) is 78.8 Å². The molecule has 2 aliphatic heterocycles. The third-order valence-electron chi connectivity index (χ3n) is 6.78. The van der Waals surface area contributed by atoms with Crippen molar-refractivity contribution in [1.29, 1.82) is 0 Å². The number of carboxylic acids is 1. The highest BCUT2D eigenvalue weighted by atomic mass is 32.2. The molecular formula is C18H33N3O4S. The summed E-state index contributed by atoms with van der Waals surface area (Å²) in [5.41, 5.74) is 0.400. The summed E-state index contributed by atoms with van der Waals surface area (Å²) >= 11 is 0. The fourth-order valence-electron chi connectivity index (χ4n) is 5.01. The summed E-state index contributed by atoms with van der Waals surface area (Å²) in [6.45, 7) is 2.28. The van der Waals surface area contributed by atoms with Crippen molar-refractivity contribution in [3.05, 3.63) is 0 Å². The maximum Gasteiger partial charge on any atom is 0.317 e. The Bertz CT molecular complexity index is 586. The number of piperidine rings is 2. The van der Waals surface area contributed by atoms with E-state index in [4.69, 9.17) is 5.11 Å². The fraction of sp³-hybridized carbons (Fsp3) is 0.944. The summed E-state index contributed by atoms with van der Waals surface area (Å²) in [4.78, 5) is 12.7. The molecule has 0 bridgehead atoms. The van der Waals surface area contributed by atoms with Crippen LogP contribution in [0.5, 0.6) is 0 Å². The molecule has 0 aromatic carbocycles. The Morgan fingerprint density at radius 1 is 1.00 bits per heavy atom. The van der Waals surface area contributed by atoms with Crippen molar-refractivity contribution in [3.8, 4) is 0 Å². The van der Waals surface area contributed by atoms with E-state index < -0.39 is 16.2 Å². The predicted molar refractivity (Wildman–Crippen MR) is 100 cm³/mol. The Hall–Kier alpha value is -0.700. The van der Waals surface area contributed by atoms with E-state index in [1.807, 2.05) is 4.90 Å². The molecule has 1 N–H and O–H groups in total. The summed E-state index contributed by atoms with van der Waals surface area (Å²) in [5.74, 6) is -0.840. The zero-order valence-electron chi connectivity index (χ0n) is 15.9. The van der Waals surface area contributed by atoms with E-state index in [1.165, 1.54) is 32.1 Å². The number of likely N-dealkylation sites (N-methyl/N-ethyl adjacent to an activating group) is 1. The van der Waals surface area contributed by atoms with Crippen LogP contribution in [0.3, 0.4) is 0 Å². The largest absolute Gasteiger partial charge is 0.480 e. The van der Waals surface area contributed by atoms with Crippen LogP contribution in [0, 0.1) is 5.41 Å². The minimum Gasteiger partial charge on any atom is -0.480 e. The van der Waals surface area contributed by atoms with Crippen molar-refractivity contribution < 1.29 is 18.3 Å². The predicted octanol–water partition coefficient (Wildman–Crippen LogP) is 1.76. The van der Waals surface area contributed by atoms with Gasteiger partial charge in [0.1, 0.15) is 0 Å². The number of hydrogen-bond acceptors (Lipinski definition) is 4. The van der Waals surface area contributed by atoms with Crippen LogP contribution in [0.15, 0.2) is 0 Å². The van der Waals surface area contributed by atoms with Crippen LogP contribution >= 0.6 is 0 Å². The highest BCUT2D eigenvalue weighted by Crippen LogP contribution is 2.45. The van der Waals surface area contributed by atoms with Gasteiger partial charge in [0.05, 0.1) is 6.54 Å². The van der Waals surface area contributed by atoms with E-state index in [0.29, 0.717) is 44.4 Å². The number of nitrogens with zero attached hydrogens (tertiary/aromatic N) is 3. The van der Waals surface area contributed by atoms with Gasteiger partial charge in [-0.3, -0.25) is 9.69 Å². The monoisotopic (exact) mass is 387 g/mol. The molecule has 0 amide bonds.